The van der Waals surface area contributed by atoms with Crippen LogP contribution in [0.1, 0.15) is 25.0 Å². The van der Waals surface area contributed by atoms with Crippen LogP contribution < -0.4 is 4.90 Å². The maximum Gasteiger partial charge on any atom is 0.0547 e. The van der Waals surface area contributed by atoms with Crippen molar-refractivity contribution in [1.29, 1.82) is 0 Å². The minimum Gasteiger partial charge on any atom is -0.310 e. The Kier molecular flexibility index (Phi) is 8.97. The van der Waals surface area contributed by atoms with E-state index in [4.69, 9.17) is 0 Å². The van der Waals surface area contributed by atoms with Crippen LogP contribution in [-0.4, -0.2) is 13.7 Å². The van der Waals surface area contributed by atoms with Crippen molar-refractivity contribution in [3.8, 4) is 39.3 Å². The molecule has 0 saturated carbocycles. The van der Waals surface area contributed by atoms with Crippen LogP contribution in [0.5, 0.6) is 0 Å². The Morgan fingerprint density at radius 2 is 0.644 bits per heavy atom. The van der Waals surface area contributed by atoms with E-state index in [1.54, 1.807) is 0 Å². The van der Waals surface area contributed by atoms with Gasteiger partial charge in [-0.1, -0.05) is 159 Å². The molecule has 0 spiro atoms. The number of hydrogen-bond acceptors (Lipinski definition) is 1. The van der Waals surface area contributed by atoms with E-state index >= 15 is 0 Å². The van der Waals surface area contributed by atoms with Crippen LogP contribution in [0.3, 0.4) is 0 Å². The molecule has 0 amide bonds. The van der Waals surface area contributed by atoms with Crippen molar-refractivity contribution in [2.75, 3.05) is 4.90 Å². The maximum atomic E-state index is 2.45. The molecule has 0 fully saturated rings. The van der Waals surface area contributed by atoms with Crippen LogP contribution in [0, 0.1) is 0 Å². The molecule has 0 N–H and O–H groups in total. The second-order valence-corrected chi connectivity index (χ2v) is 20.1. The fourth-order valence-electron chi connectivity index (χ4n) is 12.4. The van der Waals surface area contributed by atoms with E-state index in [1.165, 1.54) is 104 Å². The van der Waals surface area contributed by atoms with E-state index in [0.29, 0.717) is 0 Å². The predicted molar refractivity (Wildman–Crippen MR) is 307 cm³/mol. The highest BCUT2D eigenvalue weighted by Crippen LogP contribution is 2.52. The summed E-state index contributed by atoms with van der Waals surface area (Å²) in [6.07, 6.45) is 0. The topological polar surface area (TPSA) is 18.0 Å². The van der Waals surface area contributed by atoms with Crippen molar-refractivity contribution in [2.24, 2.45) is 0 Å². The summed E-state index contributed by atoms with van der Waals surface area (Å²) < 4.78 is 7.22. The summed E-state index contributed by atoms with van der Waals surface area (Å²) in [5.74, 6) is 0. The van der Waals surface area contributed by atoms with Gasteiger partial charge in [0.2, 0.25) is 0 Å². The van der Waals surface area contributed by atoms with Gasteiger partial charge in [-0.05, 0) is 143 Å². The second-order valence-electron chi connectivity index (χ2n) is 20.1. The van der Waals surface area contributed by atoms with Crippen LogP contribution in [0.4, 0.5) is 17.1 Å². The van der Waals surface area contributed by atoms with E-state index in [9.17, 15) is 0 Å². The monoisotopic (exact) mass is 932 g/mol. The lowest BCUT2D eigenvalue weighted by Gasteiger charge is -2.28. The first kappa shape index (κ1) is 41.4. The molecule has 0 atom stereocenters. The number of rotatable bonds is 7. The minimum absolute atomic E-state index is 0.258. The molecule has 344 valence electrons. The van der Waals surface area contributed by atoms with Crippen LogP contribution in [0.25, 0.3) is 105 Å². The molecule has 0 bridgehead atoms. The third-order valence-electron chi connectivity index (χ3n) is 15.8. The van der Waals surface area contributed by atoms with Gasteiger partial charge in [0.25, 0.3) is 0 Å². The third-order valence-corrected chi connectivity index (χ3v) is 15.8. The summed E-state index contributed by atoms with van der Waals surface area (Å²) in [6, 6.07) is 93.9. The van der Waals surface area contributed by atoms with Crippen LogP contribution in [-0.2, 0) is 5.41 Å². The zero-order valence-electron chi connectivity index (χ0n) is 40.5. The largest absolute Gasteiger partial charge is 0.310 e. The van der Waals surface area contributed by atoms with Crippen molar-refractivity contribution < 1.29 is 0 Å². The zero-order chi connectivity index (χ0) is 48.4. The minimum atomic E-state index is -0.258. The fraction of sp³-hybridized carbons (Fsp3) is 0.0435. The van der Waals surface area contributed by atoms with E-state index in [2.05, 4.69) is 287 Å². The van der Waals surface area contributed by atoms with Gasteiger partial charge in [-0.3, -0.25) is 0 Å². The molecule has 1 aliphatic rings. The van der Waals surface area contributed by atoms with Crippen molar-refractivity contribution in [1.82, 2.24) is 13.7 Å². The van der Waals surface area contributed by atoms with E-state index < -0.39 is 0 Å². The lowest BCUT2D eigenvalue weighted by atomic mass is 9.82. The summed E-state index contributed by atoms with van der Waals surface area (Å²) in [5, 5.41) is 7.57. The van der Waals surface area contributed by atoms with Gasteiger partial charge >= 0.3 is 0 Å². The van der Waals surface area contributed by atoms with Gasteiger partial charge in [0.05, 0.1) is 33.1 Å². The van der Waals surface area contributed by atoms with Gasteiger partial charge in [0, 0.05) is 71.9 Å². The van der Waals surface area contributed by atoms with Gasteiger partial charge < -0.3 is 18.6 Å². The normalized spacial score (nSPS) is 12.9. The molecule has 73 heavy (non-hydrogen) atoms. The van der Waals surface area contributed by atoms with Crippen LogP contribution >= 0.6 is 0 Å². The summed E-state index contributed by atoms with van der Waals surface area (Å²) in [7, 11) is 0. The summed E-state index contributed by atoms with van der Waals surface area (Å²) in [5.41, 5.74) is 21.4. The molecule has 0 radical (unpaired) electrons. The molecule has 3 aromatic heterocycles. The average molecular weight is 933 g/mol. The van der Waals surface area contributed by atoms with Crippen molar-refractivity contribution in [3.05, 3.63) is 266 Å². The zero-order valence-corrected chi connectivity index (χ0v) is 40.5. The number of anilines is 3. The molecular formula is C69H48N4. The number of aromatic nitrogens is 3. The number of benzene rings is 11. The van der Waals surface area contributed by atoms with Crippen LogP contribution in [0.2, 0.25) is 0 Å². The molecule has 11 aromatic carbocycles. The second kappa shape index (κ2) is 15.8. The fourth-order valence-corrected chi connectivity index (χ4v) is 12.4. The van der Waals surface area contributed by atoms with Crippen LogP contribution in [0.15, 0.2) is 255 Å². The molecule has 3 heterocycles. The van der Waals surface area contributed by atoms with Gasteiger partial charge in [-0.25, -0.2) is 0 Å². The quantitative estimate of drug-likeness (QED) is 0.156. The average Bonchev–Trinajstić information content (AvgIpc) is 4.15. The van der Waals surface area contributed by atoms with Crippen molar-refractivity contribution in [3.63, 3.8) is 0 Å². The van der Waals surface area contributed by atoms with Gasteiger partial charge in [-0.2, -0.15) is 0 Å². The Morgan fingerprint density at radius 3 is 1.18 bits per heavy atom. The third kappa shape index (κ3) is 6.20. The molecule has 1 aliphatic carbocycles. The number of nitrogens with zero attached hydrogens (tertiary/aromatic N) is 4. The first-order valence-electron chi connectivity index (χ1n) is 25.3. The van der Waals surface area contributed by atoms with E-state index in [0.717, 1.165) is 28.4 Å². The highest BCUT2D eigenvalue weighted by atomic mass is 15.1. The van der Waals surface area contributed by atoms with Gasteiger partial charge in [0.1, 0.15) is 0 Å². The molecule has 14 aromatic rings. The predicted octanol–water partition coefficient (Wildman–Crippen LogP) is 18.4. The van der Waals surface area contributed by atoms with Crippen molar-refractivity contribution >= 4 is 82.5 Å². The Hall–Kier alpha value is -9.38. The summed E-state index contributed by atoms with van der Waals surface area (Å²) in [6.45, 7) is 4.79. The molecule has 0 saturated heterocycles. The Bertz CT molecular complexity index is 4400. The van der Waals surface area contributed by atoms with Gasteiger partial charge in [0.15, 0.2) is 0 Å². The smallest absolute Gasteiger partial charge is 0.0547 e. The molecular weight excluding hydrogens is 885 g/mol. The highest BCUT2D eigenvalue weighted by Gasteiger charge is 2.37. The highest BCUT2D eigenvalue weighted by molar-refractivity contribution is 6.12. The van der Waals surface area contributed by atoms with E-state index in [-0.39, 0.29) is 5.41 Å². The summed E-state index contributed by atoms with van der Waals surface area (Å²) >= 11 is 0. The Balaban J connectivity index is 0.853. The molecule has 0 aliphatic heterocycles. The first-order valence-corrected chi connectivity index (χ1v) is 25.3. The molecule has 4 nitrogen and oxygen atoms in total. The standard InChI is InChI=1S/C69H48N4/c1-69(2)61-43-51(37-40-53(61)54-41-38-52(44-62(54)69)73-66-26-14-8-20-57(66)58-21-9-15-27-67(58)73)70(49-33-35-50(36-34-49)71-63-23-11-6-18-55(63)56-19-7-12-24-64(56)71)48-31-28-45(29-32-48)46-30-39-60-59-22-10-13-25-65(59)72(68(60)42-46)47-16-4-3-5-17-47/h3-44H,1-2H3. The molecule has 4 heteroatoms. The first-order chi connectivity index (χ1) is 36.0. The molecule has 15 rings (SSSR count). The SMILES string of the molecule is CC1(C)c2cc(N(c3ccc(-c4ccc5c6ccccc6n(-c6ccccc6)c5c4)cc3)c3ccc(-n4c5ccccc5c5ccccc54)cc3)ccc2-c2ccc(-n3c4ccccc4c4ccccc43)cc21. The Morgan fingerprint density at radius 1 is 0.274 bits per heavy atom. The lowest BCUT2D eigenvalue weighted by Crippen LogP contribution is -2.17. The maximum absolute atomic E-state index is 2.45. The molecule has 0 unspecified atom stereocenters. The summed E-state index contributed by atoms with van der Waals surface area (Å²) in [4.78, 5) is 2.43. The number of para-hydroxylation sites is 6. The number of hydrogen-bond donors (Lipinski definition) is 0. The lowest BCUT2D eigenvalue weighted by molar-refractivity contribution is 0.660. The van der Waals surface area contributed by atoms with Gasteiger partial charge in [-0.15, -0.1) is 0 Å². The van der Waals surface area contributed by atoms with E-state index in [1.807, 2.05) is 0 Å². The Labute approximate surface area is 423 Å². The van der Waals surface area contributed by atoms with Crippen molar-refractivity contribution in [2.45, 2.75) is 19.3 Å². The number of fused-ring (bicyclic) bond motifs is 12.